The summed E-state index contributed by atoms with van der Waals surface area (Å²) >= 11 is 0. The highest BCUT2D eigenvalue weighted by Crippen LogP contribution is 2.25. The summed E-state index contributed by atoms with van der Waals surface area (Å²) in [5, 5.41) is 11.9. The van der Waals surface area contributed by atoms with Gasteiger partial charge in [0.05, 0.1) is 18.4 Å². The Balaban J connectivity index is 1.76. The molecular formula is C17H21NO4. The van der Waals surface area contributed by atoms with E-state index in [0.29, 0.717) is 26.0 Å². The van der Waals surface area contributed by atoms with E-state index < -0.39 is 17.8 Å². The van der Waals surface area contributed by atoms with Gasteiger partial charge in [0.1, 0.15) is 12.4 Å². The van der Waals surface area contributed by atoms with Gasteiger partial charge in [-0.25, -0.2) is 0 Å². The number of carbonyl (C=O) groups is 2. The van der Waals surface area contributed by atoms with Crippen molar-refractivity contribution in [2.45, 2.75) is 19.8 Å². The van der Waals surface area contributed by atoms with Gasteiger partial charge < -0.3 is 15.2 Å². The maximum Gasteiger partial charge on any atom is 0.307 e. The average molecular weight is 303 g/mol. The molecule has 22 heavy (non-hydrogen) atoms. The first kappa shape index (κ1) is 16.1. The molecule has 2 N–H and O–H groups in total. The highest BCUT2D eigenvalue weighted by molar-refractivity contribution is 5.85. The Labute approximate surface area is 130 Å². The minimum absolute atomic E-state index is 0.218. The molecule has 0 saturated carbocycles. The van der Waals surface area contributed by atoms with Gasteiger partial charge in [-0.1, -0.05) is 29.8 Å². The van der Waals surface area contributed by atoms with Crippen LogP contribution >= 0.6 is 0 Å². The molecule has 1 amide bonds. The molecule has 1 aromatic carbocycles. The first-order valence-corrected chi connectivity index (χ1v) is 7.43. The van der Waals surface area contributed by atoms with E-state index in [4.69, 9.17) is 9.84 Å². The van der Waals surface area contributed by atoms with E-state index in [1.54, 1.807) is 0 Å². The summed E-state index contributed by atoms with van der Waals surface area (Å²) in [7, 11) is 0. The van der Waals surface area contributed by atoms with Crippen LogP contribution in [0, 0.1) is 18.8 Å². The second-order valence-corrected chi connectivity index (χ2v) is 5.45. The van der Waals surface area contributed by atoms with Crippen LogP contribution in [0.4, 0.5) is 0 Å². The third-order valence-electron chi connectivity index (χ3n) is 3.78. The summed E-state index contributed by atoms with van der Waals surface area (Å²) in [6, 6.07) is 7.67. The van der Waals surface area contributed by atoms with Gasteiger partial charge >= 0.3 is 5.97 Å². The lowest BCUT2D eigenvalue weighted by Crippen LogP contribution is -2.40. The van der Waals surface area contributed by atoms with E-state index in [1.807, 2.05) is 43.3 Å². The van der Waals surface area contributed by atoms with Crippen LogP contribution in [0.2, 0.25) is 0 Å². The van der Waals surface area contributed by atoms with Crippen LogP contribution in [-0.2, 0) is 9.59 Å². The summed E-state index contributed by atoms with van der Waals surface area (Å²) in [4.78, 5) is 23.3. The zero-order valence-electron chi connectivity index (χ0n) is 12.6. The SMILES string of the molecule is Cc1ccc(OCCNC(=O)C2CC=CCC2C(=O)O)cc1. The van der Waals surface area contributed by atoms with Gasteiger partial charge in [0.2, 0.25) is 5.91 Å². The number of nitrogens with one attached hydrogen (secondary N) is 1. The Kier molecular flexibility index (Phi) is 5.58. The molecular weight excluding hydrogens is 282 g/mol. The smallest absolute Gasteiger partial charge is 0.307 e. The molecule has 0 radical (unpaired) electrons. The number of rotatable bonds is 6. The van der Waals surface area contributed by atoms with Crippen molar-refractivity contribution in [3.8, 4) is 5.75 Å². The van der Waals surface area contributed by atoms with Gasteiger partial charge in [0.15, 0.2) is 0 Å². The van der Waals surface area contributed by atoms with Crippen molar-refractivity contribution in [3.05, 3.63) is 42.0 Å². The van der Waals surface area contributed by atoms with Crippen molar-refractivity contribution in [1.29, 1.82) is 0 Å². The zero-order valence-corrected chi connectivity index (χ0v) is 12.6. The normalized spacial score (nSPS) is 20.4. The van der Waals surface area contributed by atoms with Gasteiger partial charge in [-0.15, -0.1) is 0 Å². The van der Waals surface area contributed by atoms with Gasteiger partial charge in [-0.3, -0.25) is 9.59 Å². The standard InChI is InChI=1S/C17H21NO4/c1-12-6-8-13(9-7-12)22-11-10-18-16(19)14-4-2-3-5-15(14)17(20)21/h2-3,6-9,14-15H,4-5,10-11H2,1H3,(H,18,19)(H,20,21). The molecule has 0 spiro atoms. The first-order valence-electron chi connectivity index (χ1n) is 7.43. The summed E-state index contributed by atoms with van der Waals surface area (Å²) in [6.45, 7) is 2.72. The van der Waals surface area contributed by atoms with Crippen LogP contribution in [0.1, 0.15) is 18.4 Å². The monoisotopic (exact) mass is 303 g/mol. The van der Waals surface area contributed by atoms with Crippen molar-refractivity contribution < 1.29 is 19.4 Å². The molecule has 2 unspecified atom stereocenters. The van der Waals surface area contributed by atoms with E-state index in [1.165, 1.54) is 0 Å². The topological polar surface area (TPSA) is 75.6 Å². The minimum atomic E-state index is -0.916. The summed E-state index contributed by atoms with van der Waals surface area (Å²) in [6.07, 6.45) is 4.57. The number of hydrogen-bond acceptors (Lipinski definition) is 3. The third kappa shape index (κ3) is 4.35. The van der Waals surface area contributed by atoms with Crippen molar-refractivity contribution in [2.75, 3.05) is 13.2 Å². The number of aliphatic carboxylic acids is 1. The number of ether oxygens (including phenoxy) is 1. The molecule has 0 saturated heterocycles. The largest absolute Gasteiger partial charge is 0.492 e. The number of carboxylic acid groups (broad SMARTS) is 1. The van der Waals surface area contributed by atoms with Crippen LogP contribution in [-0.4, -0.2) is 30.1 Å². The van der Waals surface area contributed by atoms with Crippen molar-refractivity contribution >= 4 is 11.9 Å². The predicted molar refractivity (Wildman–Crippen MR) is 82.7 cm³/mol. The Morgan fingerprint density at radius 3 is 2.45 bits per heavy atom. The highest BCUT2D eigenvalue weighted by Gasteiger charge is 2.33. The Bertz CT molecular complexity index is 550. The molecule has 5 nitrogen and oxygen atoms in total. The van der Waals surface area contributed by atoms with Crippen molar-refractivity contribution in [1.82, 2.24) is 5.32 Å². The van der Waals surface area contributed by atoms with Crippen LogP contribution in [0.5, 0.6) is 5.75 Å². The lowest BCUT2D eigenvalue weighted by molar-refractivity contribution is -0.147. The maximum atomic E-state index is 12.1. The Hall–Kier alpha value is -2.30. The number of carbonyl (C=O) groups excluding carboxylic acids is 1. The number of benzene rings is 1. The number of aryl methyl sites for hydroxylation is 1. The molecule has 0 fully saturated rings. The molecule has 0 bridgehead atoms. The van der Waals surface area contributed by atoms with Gasteiger partial charge in [-0.2, -0.15) is 0 Å². The molecule has 2 rings (SSSR count). The van der Waals surface area contributed by atoms with E-state index in [9.17, 15) is 9.59 Å². The van der Waals surface area contributed by atoms with Gasteiger partial charge in [0, 0.05) is 0 Å². The molecule has 1 aromatic rings. The Morgan fingerprint density at radius 2 is 1.82 bits per heavy atom. The third-order valence-corrected chi connectivity index (χ3v) is 3.78. The quantitative estimate of drug-likeness (QED) is 0.624. The van der Waals surface area contributed by atoms with E-state index >= 15 is 0 Å². The van der Waals surface area contributed by atoms with Crippen molar-refractivity contribution in [3.63, 3.8) is 0 Å². The summed E-state index contributed by atoms with van der Waals surface area (Å²) < 4.78 is 5.53. The molecule has 0 aromatic heterocycles. The summed E-state index contributed by atoms with van der Waals surface area (Å²) in [5.41, 5.74) is 1.16. The molecule has 2 atom stereocenters. The number of carboxylic acids is 1. The van der Waals surface area contributed by atoms with Crippen LogP contribution in [0.3, 0.4) is 0 Å². The fourth-order valence-corrected chi connectivity index (χ4v) is 2.49. The minimum Gasteiger partial charge on any atom is -0.492 e. The highest BCUT2D eigenvalue weighted by atomic mass is 16.5. The first-order chi connectivity index (χ1) is 10.6. The van der Waals surface area contributed by atoms with E-state index in [0.717, 1.165) is 11.3 Å². The zero-order chi connectivity index (χ0) is 15.9. The Morgan fingerprint density at radius 1 is 1.18 bits per heavy atom. The lowest BCUT2D eigenvalue weighted by atomic mass is 9.82. The number of amides is 1. The fourth-order valence-electron chi connectivity index (χ4n) is 2.49. The molecule has 0 aliphatic heterocycles. The maximum absolute atomic E-state index is 12.1. The van der Waals surface area contributed by atoms with Crippen LogP contribution < -0.4 is 10.1 Å². The second-order valence-electron chi connectivity index (χ2n) is 5.45. The van der Waals surface area contributed by atoms with Crippen LogP contribution in [0.25, 0.3) is 0 Å². The molecule has 118 valence electrons. The molecule has 0 heterocycles. The summed E-state index contributed by atoms with van der Waals surface area (Å²) in [5.74, 6) is -1.52. The average Bonchev–Trinajstić information content (AvgIpc) is 2.53. The predicted octanol–water partition coefficient (Wildman–Crippen LogP) is 2.16. The number of hydrogen-bond donors (Lipinski definition) is 2. The number of allylic oxidation sites excluding steroid dienone is 2. The fraction of sp³-hybridized carbons (Fsp3) is 0.412. The molecule has 5 heteroatoms. The lowest BCUT2D eigenvalue weighted by Gasteiger charge is -2.24. The van der Waals surface area contributed by atoms with Gasteiger partial charge in [-0.05, 0) is 31.9 Å². The van der Waals surface area contributed by atoms with Gasteiger partial charge in [0.25, 0.3) is 0 Å². The van der Waals surface area contributed by atoms with Crippen LogP contribution in [0.15, 0.2) is 36.4 Å². The van der Waals surface area contributed by atoms with E-state index in [2.05, 4.69) is 5.32 Å². The second kappa shape index (κ2) is 7.64. The van der Waals surface area contributed by atoms with Crippen molar-refractivity contribution in [2.24, 2.45) is 11.8 Å². The van der Waals surface area contributed by atoms with E-state index in [-0.39, 0.29) is 5.91 Å². The molecule has 1 aliphatic rings. The molecule has 1 aliphatic carbocycles.